The molecule has 7 heteroatoms. The molecule has 1 heterocycles. The predicted molar refractivity (Wildman–Crippen MR) is 114 cm³/mol. The van der Waals surface area contributed by atoms with E-state index >= 15 is 0 Å². The topological polar surface area (TPSA) is 84.0 Å². The minimum atomic E-state index is -0.0950. The summed E-state index contributed by atoms with van der Waals surface area (Å²) in [4.78, 5) is 16.2. The second-order valence-electron chi connectivity index (χ2n) is 6.77. The van der Waals surface area contributed by atoms with Crippen LogP contribution in [0.3, 0.4) is 0 Å². The normalized spacial score (nSPS) is 12.7. The van der Waals surface area contributed by atoms with Gasteiger partial charge in [-0.2, -0.15) is 0 Å². The van der Waals surface area contributed by atoms with E-state index in [1.165, 1.54) is 11.1 Å². The van der Waals surface area contributed by atoms with Gasteiger partial charge in [0.1, 0.15) is 11.5 Å². The van der Waals surface area contributed by atoms with Crippen LogP contribution in [0.25, 0.3) is 0 Å². The zero-order valence-electron chi connectivity index (χ0n) is 17.0. The van der Waals surface area contributed by atoms with Crippen molar-refractivity contribution in [3.05, 3.63) is 59.2 Å². The number of hydrogen-bond acceptors (Lipinski definition) is 4. The third kappa shape index (κ3) is 6.14. The standard InChI is InChI=1S/C22H28N4O3/c1-23-22(24-11-9-16-5-8-20-18(13-16)10-12-29-20)26-15-21(27)25-14-17-3-6-19(28-2)7-4-17/h3-8,13H,9-12,14-15H2,1-2H3,(H,25,27)(H2,23,24,26). The van der Waals surface area contributed by atoms with E-state index in [-0.39, 0.29) is 12.5 Å². The monoisotopic (exact) mass is 396 g/mol. The van der Waals surface area contributed by atoms with Crippen LogP contribution < -0.4 is 25.4 Å². The fraction of sp³-hybridized carbons (Fsp3) is 0.364. The van der Waals surface area contributed by atoms with Crippen molar-refractivity contribution in [1.29, 1.82) is 0 Å². The van der Waals surface area contributed by atoms with Gasteiger partial charge in [0.15, 0.2) is 5.96 Å². The molecule has 2 aromatic carbocycles. The molecule has 0 fully saturated rings. The van der Waals surface area contributed by atoms with E-state index < -0.39 is 0 Å². The van der Waals surface area contributed by atoms with Gasteiger partial charge < -0.3 is 25.4 Å². The molecule has 0 saturated heterocycles. The van der Waals surface area contributed by atoms with Crippen LogP contribution in [-0.2, 0) is 24.2 Å². The molecule has 0 bridgehead atoms. The van der Waals surface area contributed by atoms with E-state index in [0.717, 1.165) is 43.1 Å². The number of rotatable bonds is 8. The van der Waals surface area contributed by atoms with Gasteiger partial charge in [-0.25, -0.2) is 0 Å². The number of methoxy groups -OCH3 is 1. The average molecular weight is 396 g/mol. The minimum Gasteiger partial charge on any atom is -0.497 e. The summed E-state index contributed by atoms with van der Waals surface area (Å²) >= 11 is 0. The molecule has 0 saturated carbocycles. The number of guanidine groups is 1. The van der Waals surface area contributed by atoms with E-state index in [1.807, 2.05) is 30.3 Å². The molecular weight excluding hydrogens is 368 g/mol. The summed E-state index contributed by atoms with van der Waals surface area (Å²) in [6.07, 6.45) is 1.85. The van der Waals surface area contributed by atoms with Crippen LogP contribution >= 0.6 is 0 Å². The summed E-state index contributed by atoms with van der Waals surface area (Å²) < 4.78 is 10.7. The number of hydrogen-bond donors (Lipinski definition) is 3. The molecule has 29 heavy (non-hydrogen) atoms. The fourth-order valence-electron chi connectivity index (χ4n) is 3.11. The van der Waals surface area contributed by atoms with E-state index in [1.54, 1.807) is 14.2 Å². The van der Waals surface area contributed by atoms with Crippen LogP contribution in [0.2, 0.25) is 0 Å². The maximum absolute atomic E-state index is 12.1. The van der Waals surface area contributed by atoms with E-state index in [0.29, 0.717) is 12.5 Å². The maximum Gasteiger partial charge on any atom is 0.239 e. The Balaban J connectivity index is 1.35. The number of aliphatic imine (C=N–C) groups is 1. The van der Waals surface area contributed by atoms with Crippen molar-refractivity contribution in [2.75, 3.05) is 33.9 Å². The molecule has 0 radical (unpaired) electrons. The third-order valence-corrected chi connectivity index (χ3v) is 4.75. The van der Waals surface area contributed by atoms with E-state index in [4.69, 9.17) is 9.47 Å². The first-order valence-electron chi connectivity index (χ1n) is 9.76. The first-order chi connectivity index (χ1) is 14.2. The number of benzene rings is 2. The Kier molecular flexibility index (Phi) is 7.33. The van der Waals surface area contributed by atoms with Crippen LogP contribution in [0.1, 0.15) is 16.7 Å². The molecule has 3 rings (SSSR count). The van der Waals surface area contributed by atoms with Gasteiger partial charge in [0.25, 0.3) is 0 Å². The van der Waals surface area contributed by atoms with Crippen LogP contribution in [0, 0.1) is 0 Å². The van der Waals surface area contributed by atoms with E-state index in [9.17, 15) is 4.79 Å². The largest absolute Gasteiger partial charge is 0.497 e. The van der Waals surface area contributed by atoms with Crippen molar-refractivity contribution in [3.63, 3.8) is 0 Å². The fourth-order valence-corrected chi connectivity index (χ4v) is 3.11. The first kappa shape index (κ1) is 20.5. The molecule has 0 aromatic heterocycles. The quantitative estimate of drug-likeness (QED) is 0.467. The first-order valence-corrected chi connectivity index (χ1v) is 9.76. The van der Waals surface area contributed by atoms with Gasteiger partial charge in [-0.15, -0.1) is 0 Å². The highest BCUT2D eigenvalue weighted by Crippen LogP contribution is 2.25. The molecule has 0 unspecified atom stereocenters. The molecule has 1 aliphatic rings. The van der Waals surface area contributed by atoms with Crippen molar-refractivity contribution in [1.82, 2.24) is 16.0 Å². The van der Waals surface area contributed by atoms with Crippen LogP contribution in [-0.4, -0.2) is 45.7 Å². The number of nitrogens with one attached hydrogen (secondary N) is 3. The number of carbonyl (C=O) groups excluding carboxylic acids is 1. The van der Waals surface area contributed by atoms with Crippen molar-refractivity contribution >= 4 is 11.9 Å². The second-order valence-corrected chi connectivity index (χ2v) is 6.77. The lowest BCUT2D eigenvalue weighted by Crippen LogP contribution is -2.43. The molecule has 154 valence electrons. The molecule has 0 atom stereocenters. The Morgan fingerprint density at radius 1 is 1.10 bits per heavy atom. The van der Waals surface area contributed by atoms with Gasteiger partial charge in [-0.1, -0.05) is 24.3 Å². The number of nitrogens with zero attached hydrogens (tertiary/aromatic N) is 1. The summed E-state index contributed by atoms with van der Waals surface area (Å²) in [6, 6.07) is 13.9. The van der Waals surface area contributed by atoms with Crippen molar-refractivity contribution in [2.24, 2.45) is 4.99 Å². The molecule has 1 amide bonds. The van der Waals surface area contributed by atoms with Crippen molar-refractivity contribution < 1.29 is 14.3 Å². The zero-order valence-corrected chi connectivity index (χ0v) is 17.0. The van der Waals surface area contributed by atoms with Gasteiger partial charge in [-0.05, 0) is 41.3 Å². The van der Waals surface area contributed by atoms with Gasteiger partial charge in [0.05, 0.1) is 20.3 Å². The summed E-state index contributed by atoms with van der Waals surface area (Å²) in [5.41, 5.74) is 3.55. The van der Waals surface area contributed by atoms with Crippen LogP contribution in [0.15, 0.2) is 47.5 Å². The van der Waals surface area contributed by atoms with Crippen molar-refractivity contribution in [3.8, 4) is 11.5 Å². The molecule has 1 aliphatic heterocycles. The predicted octanol–water partition coefficient (Wildman–Crippen LogP) is 1.65. The molecule has 0 spiro atoms. The van der Waals surface area contributed by atoms with Gasteiger partial charge >= 0.3 is 0 Å². The lowest BCUT2D eigenvalue weighted by Gasteiger charge is -2.12. The number of fused-ring (bicyclic) bond motifs is 1. The smallest absolute Gasteiger partial charge is 0.239 e. The number of carbonyl (C=O) groups is 1. The summed E-state index contributed by atoms with van der Waals surface area (Å²) in [5, 5.41) is 9.16. The highest BCUT2D eigenvalue weighted by molar-refractivity contribution is 5.86. The summed E-state index contributed by atoms with van der Waals surface area (Å²) in [5.74, 6) is 2.31. The zero-order chi connectivity index (χ0) is 20.5. The third-order valence-electron chi connectivity index (χ3n) is 4.75. The second kappa shape index (κ2) is 10.4. The Labute approximate surface area is 171 Å². The maximum atomic E-state index is 12.1. The van der Waals surface area contributed by atoms with Gasteiger partial charge in [0, 0.05) is 26.6 Å². The Hall–Kier alpha value is -3.22. The molecular formula is C22H28N4O3. The molecule has 0 aliphatic carbocycles. The van der Waals surface area contributed by atoms with Crippen LogP contribution in [0.4, 0.5) is 0 Å². The van der Waals surface area contributed by atoms with Gasteiger partial charge in [-0.3, -0.25) is 9.79 Å². The average Bonchev–Trinajstić information content (AvgIpc) is 3.23. The van der Waals surface area contributed by atoms with E-state index in [2.05, 4.69) is 33.1 Å². The highest BCUT2D eigenvalue weighted by atomic mass is 16.5. The van der Waals surface area contributed by atoms with Crippen LogP contribution in [0.5, 0.6) is 11.5 Å². The SMILES string of the molecule is CN=C(NCCc1ccc2c(c1)CCO2)NCC(=O)NCc1ccc(OC)cc1. The lowest BCUT2D eigenvalue weighted by atomic mass is 10.1. The Morgan fingerprint density at radius 3 is 2.66 bits per heavy atom. The number of amides is 1. The Morgan fingerprint density at radius 2 is 1.90 bits per heavy atom. The highest BCUT2D eigenvalue weighted by Gasteiger charge is 2.12. The minimum absolute atomic E-state index is 0.0950. The lowest BCUT2D eigenvalue weighted by molar-refractivity contribution is -0.120. The summed E-state index contributed by atoms with van der Waals surface area (Å²) in [7, 11) is 3.32. The van der Waals surface area contributed by atoms with Crippen molar-refractivity contribution in [2.45, 2.75) is 19.4 Å². The number of ether oxygens (including phenoxy) is 2. The molecule has 3 N–H and O–H groups in total. The summed E-state index contributed by atoms with van der Waals surface area (Å²) in [6.45, 7) is 2.13. The molecule has 7 nitrogen and oxygen atoms in total. The Bertz CT molecular complexity index is 850. The molecule has 2 aromatic rings. The van der Waals surface area contributed by atoms with Gasteiger partial charge in [0.2, 0.25) is 5.91 Å².